The molecule has 0 amide bonds. The van der Waals surface area contributed by atoms with Crippen LogP contribution in [-0.4, -0.2) is 11.1 Å². The summed E-state index contributed by atoms with van der Waals surface area (Å²) in [5, 5.41) is 14.1. The van der Waals surface area contributed by atoms with Crippen LogP contribution in [0.2, 0.25) is 0 Å². The van der Waals surface area contributed by atoms with Crippen molar-refractivity contribution in [2.75, 3.05) is 5.32 Å². The van der Waals surface area contributed by atoms with Crippen LogP contribution >= 0.6 is 11.3 Å². The predicted octanol–water partition coefficient (Wildman–Crippen LogP) is 3.94. The van der Waals surface area contributed by atoms with Crippen LogP contribution in [0.15, 0.2) is 29.6 Å². The summed E-state index contributed by atoms with van der Waals surface area (Å²) < 4.78 is 0. The van der Waals surface area contributed by atoms with Gasteiger partial charge in [0.1, 0.15) is 0 Å². The van der Waals surface area contributed by atoms with E-state index in [2.05, 4.69) is 23.5 Å². The first-order valence-corrected chi connectivity index (χ1v) is 7.77. The SMILES string of the molecule is O=C(O)c1csc(CNc2cccc3c2CCCC3)c1. The van der Waals surface area contributed by atoms with Gasteiger partial charge in [-0.25, -0.2) is 4.79 Å². The molecule has 3 nitrogen and oxygen atoms in total. The number of nitrogens with one attached hydrogen (secondary N) is 1. The molecule has 1 heterocycles. The molecule has 0 saturated carbocycles. The Morgan fingerprint density at radius 1 is 1.30 bits per heavy atom. The van der Waals surface area contributed by atoms with E-state index in [1.165, 1.54) is 47.4 Å². The van der Waals surface area contributed by atoms with Crippen molar-refractivity contribution in [3.63, 3.8) is 0 Å². The molecule has 0 bridgehead atoms. The number of hydrogen-bond donors (Lipinski definition) is 2. The van der Waals surface area contributed by atoms with E-state index in [-0.39, 0.29) is 0 Å². The minimum atomic E-state index is -0.857. The van der Waals surface area contributed by atoms with Crippen LogP contribution in [0.4, 0.5) is 5.69 Å². The van der Waals surface area contributed by atoms with E-state index in [9.17, 15) is 4.79 Å². The van der Waals surface area contributed by atoms with Crippen LogP contribution in [-0.2, 0) is 19.4 Å². The summed E-state index contributed by atoms with van der Waals surface area (Å²) in [7, 11) is 0. The summed E-state index contributed by atoms with van der Waals surface area (Å²) in [4.78, 5) is 11.9. The normalized spacial score (nSPS) is 13.8. The van der Waals surface area contributed by atoms with Gasteiger partial charge >= 0.3 is 5.97 Å². The molecule has 0 atom stereocenters. The molecule has 104 valence electrons. The topological polar surface area (TPSA) is 49.3 Å². The molecule has 2 aromatic rings. The van der Waals surface area contributed by atoms with Crippen molar-refractivity contribution < 1.29 is 9.90 Å². The van der Waals surface area contributed by atoms with E-state index in [1.54, 1.807) is 11.4 Å². The highest BCUT2D eigenvalue weighted by Crippen LogP contribution is 2.28. The van der Waals surface area contributed by atoms with Gasteiger partial charge in [0.25, 0.3) is 0 Å². The summed E-state index contributed by atoms with van der Waals surface area (Å²) in [6.07, 6.45) is 4.85. The maximum Gasteiger partial charge on any atom is 0.336 e. The Hall–Kier alpha value is -1.81. The lowest BCUT2D eigenvalue weighted by Gasteiger charge is -2.19. The lowest BCUT2D eigenvalue weighted by molar-refractivity contribution is 0.0697. The second-order valence-electron chi connectivity index (χ2n) is 5.11. The smallest absolute Gasteiger partial charge is 0.336 e. The summed E-state index contributed by atoms with van der Waals surface area (Å²) in [5.41, 5.74) is 4.47. The molecule has 20 heavy (non-hydrogen) atoms. The minimum absolute atomic E-state index is 0.377. The van der Waals surface area contributed by atoms with Crippen LogP contribution < -0.4 is 5.32 Å². The molecule has 0 saturated heterocycles. The largest absolute Gasteiger partial charge is 0.478 e. The van der Waals surface area contributed by atoms with Crippen molar-refractivity contribution in [1.29, 1.82) is 0 Å². The summed E-state index contributed by atoms with van der Waals surface area (Å²) >= 11 is 1.49. The molecule has 1 aromatic carbocycles. The van der Waals surface area contributed by atoms with E-state index < -0.39 is 5.97 Å². The molecular weight excluding hydrogens is 270 g/mol. The molecule has 1 aliphatic rings. The Bertz CT molecular complexity index is 633. The van der Waals surface area contributed by atoms with Crippen molar-refractivity contribution in [1.82, 2.24) is 0 Å². The van der Waals surface area contributed by atoms with Crippen LogP contribution in [0.3, 0.4) is 0 Å². The van der Waals surface area contributed by atoms with E-state index in [1.807, 2.05) is 0 Å². The molecule has 0 unspecified atom stereocenters. The number of benzene rings is 1. The lowest BCUT2D eigenvalue weighted by atomic mass is 9.90. The van der Waals surface area contributed by atoms with E-state index in [0.29, 0.717) is 12.1 Å². The maximum atomic E-state index is 10.9. The third kappa shape index (κ3) is 2.70. The second-order valence-corrected chi connectivity index (χ2v) is 6.11. The standard InChI is InChI=1S/C16H17NO2S/c18-16(19)12-8-13(20-10-12)9-17-15-7-3-5-11-4-1-2-6-14(11)15/h3,5,7-8,10,17H,1-2,4,6,9H2,(H,18,19). The monoisotopic (exact) mass is 287 g/mol. The van der Waals surface area contributed by atoms with Gasteiger partial charge in [-0.1, -0.05) is 12.1 Å². The van der Waals surface area contributed by atoms with Gasteiger partial charge in [0.2, 0.25) is 0 Å². The first-order valence-electron chi connectivity index (χ1n) is 6.89. The van der Waals surface area contributed by atoms with Crippen molar-refractivity contribution in [3.8, 4) is 0 Å². The van der Waals surface area contributed by atoms with Crippen LogP contribution in [0.25, 0.3) is 0 Å². The van der Waals surface area contributed by atoms with Gasteiger partial charge in [0, 0.05) is 22.5 Å². The fraction of sp³-hybridized carbons (Fsp3) is 0.312. The highest BCUT2D eigenvalue weighted by molar-refractivity contribution is 7.10. The summed E-state index contributed by atoms with van der Waals surface area (Å²) in [5.74, 6) is -0.857. The third-order valence-corrected chi connectivity index (χ3v) is 4.69. The molecule has 0 spiro atoms. The van der Waals surface area contributed by atoms with Crippen LogP contribution in [0.5, 0.6) is 0 Å². The van der Waals surface area contributed by atoms with Crippen LogP contribution in [0, 0.1) is 0 Å². The number of aromatic carboxylic acids is 1. The van der Waals surface area contributed by atoms with Crippen LogP contribution in [0.1, 0.15) is 39.2 Å². The van der Waals surface area contributed by atoms with Crippen molar-refractivity contribution >= 4 is 23.0 Å². The van der Waals surface area contributed by atoms with Gasteiger partial charge in [-0.05, 0) is 48.9 Å². The number of carboxylic acid groups (broad SMARTS) is 1. The molecule has 3 rings (SSSR count). The number of hydrogen-bond acceptors (Lipinski definition) is 3. The Morgan fingerprint density at radius 2 is 2.15 bits per heavy atom. The van der Waals surface area contributed by atoms with Crippen molar-refractivity contribution in [2.24, 2.45) is 0 Å². The molecule has 1 aliphatic carbocycles. The Labute approximate surface area is 122 Å². The molecular formula is C16H17NO2S. The minimum Gasteiger partial charge on any atom is -0.478 e. The first kappa shape index (κ1) is 13.2. The zero-order valence-corrected chi connectivity index (χ0v) is 12.0. The lowest BCUT2D eigenvalue weighted by Crippen LogP contribution is -2.08. The van der Waals surface area contributed by atoms with Gasteiger partial charge in [0.15, 0.2) is 0 Å². The highest BCUT2D eigenvalue weighted by atomic mass is 32.1. The van der Waals surface area contributed by atoms with Gasteiger partial charge < -0.3 is 10.4 Å². The maximum absolute atomic E-state index is 10.9. The number of aryl methyl sites for hydroxylation is 1. The van der Waals surface area contributed by atoms with E-state index >= 15 is 0 Å². The quantitative estimate of drug-likeness (QED) is 0.895. The number of anilines is 1. The van der Waals surface area contributed by atoms with Crippen molar-refractivity contribution in [3.05, 3.63) is 51.2 Å². The Morgan fingerprint density at radius 3 is 2.95 bits per heavy atom. The molecule has 0 aliphatic heterocycles. The number of rotatable bonds is 4. The summed E-state index contributed by atoms with van der Waals surface area (Å²) in [6.45, 7) is 0.689. The van der Waals surface area contributed by atoms with Gasteiger partial charge in [0.05, 0.1) is 5.56 Å². The van der Waals surface area contributed by atoms with E-state index in [4.69, 9.17) is 5.11 Å². The fourth-order valence-corrected chi connectivity index (χ4v) is 3.51. The second kappa shape index (κ2) is 5.67. The number of carbonyl (C=O) groups is 1. The zero-order chi connectivity index (χ0) is 13.9. The molecule has 0 fully saturated rings. The average Bonchev–Trinajstić information content (AvgIpc) is 2.94. The first-order chi connectivity index (χ1) is 9.74. The van der Waals surface area contributed by atoms with Gasteiger partial charge in [-0.3, -0.25) is 0 Å². The zero-order valence-electron chi connectivity index (χ0n) is 11.2. The van der Waals surface area contributed by atoms with Crippen molar-refractivity contribution in [2.45, 2.75) is 32.2 Å². The number of thiophene rings is 1. The summed E-state index contributed by atoms with van der Waals surface area (Å²) in [6, 6.07) is 8.18. The average molecular weight is 287 g/mol. The van der Waals surface area contributed by atoms with Gasteiger partial charge in [-0.2, -0.15) is 0 Å². The van der Waals surface area contributed by atoms with E-state index in [0.717, 1.165) is 11.3 Å². The number of carboxylic acids is 1. The molecule has 2 N–H and O–H groups in total. The number of fused-ring (bicyclic) bond motifs is 1. The third-order valence-electron chi connectivity index (χ3n) is 3.75. The molecule has 0 radical (unpaired) electrons. The highest BCUT2D eigenvalue weighted by Gasteiger charge is 2.13. The van der Waals surface area contributed by atoms with Gasteiger partial charge in [-0.15, -0.1) is 11.3 Å². The predicted molar refractivity (Wildman–Crippen MR) is 81.7 cm³/mol. The Balaban J connectivity index is 1.73. The fourth-order valence-electron chi connectivity index (χ4n) is 2.71. The molecule has 4 heteroatoms. The Kier molecular flexibility index (Phi) is 3.74. The molecule has 1 aromatic heterocycles.